The number of carbonyl (C=O) groups excluding carboxylic acids is 3. The third-order valence-electron chi connectivity index (χ3n) is 3.02. The van der Waals surface area contributed by atoms with Crippen LogP contribution in [0.4, 0.5) is 23.2 Å². The molecule has 0 bridgehead atoms. The molecule has 0 fully saturated rings. The van der Waals surface area contributed by atoms with Gasteiger partial charge in [-0.05, 0) is 19.1 Å². The minimum absolute atomic E-state index is 0.488. The maximum Gasteiger partial charge on any atom is 0.340 e. The molecule has 0 saturated carbocycles. The van der Waals surface area contributed by atoms with E-state index in [2.05, 4.69) is 4.74 Å². The fourth-order valence-corrected chi connectivity index (χ4v) is 1.84. The van der Waals surface area contributed by atoms with Crippen LogP contribution in [0.2, 0.25) is 0 Å². The third-order valence-corrected chi connectivity index (χ3v) is 3.02. The maximum atomic E-state index is 12.9. The number of nitrogens with zero attached hydrogens (tertiary/aromatic N) is 1. The summed E-state index contributed by atoms with van der Waals surface area (Å²) in [6.45, 7) is -0.595. The van der Waals surface area contributed by atoms with Crippen LogP contribution in [0.15, 0.2) is 18.2 Å². The Labute approximate surface area is 144 Å². The largest absolute Gasteiger partial charge is 0.487 e. The number of rotatable bonds is 10. The lowest BCUT2D eigenvalue weighted by Gasteiger charge is -2.16. The van der Waals surface area contributed by atoms with Crippen LogP contribution in [0.3, 0.4) is 0 Å². The van der Waals surface area contributed by atoms with E-state index >= 15 is 0 Å². The van der Waals surface area contributed by atoms with Crippen molar-refractivity contribution in [1.82, 2.24) is 0 Å². The van der Waals surface area contributed by atoms with E-state index in [4.69, 9.17) is 0 Å². The summed E-state index contributed by atoms with van der Waals surface area (Å²) in [5, 5.41) is 11.0. The lowest BCUT2D eigenvalue weighted by molar-refractivity contribution is -0.385. The number of carbonyl (C=O) groups is 3. The predicted molar refractivity (Wildman–Crippen MR) is 78.8 cm³/mol. The molecule has 0 spiro atoms. The molecule has 11 heteroatoms. The minimum Gasteiger partial charge on any atom is -0.487 e. The Morgan fingerprint density at radius 2 is 1.85 bits per heavy atom. The van der Waals surface area contributed by atoms with E-state index in [-0.39, 0.29) is 0 Å². The van der Waals surface area contributed by atoms with Gasteiger partial charge in [-0.25, -0.2) is 8.78 Å². The number of Topliss-reactive ketones (excluding diaryl/α,β-unsaturated/α-hetero) is 3. The van der Waals surface area contributed by atoms with E-state index in [1.807, 2.05) is 0 Å². The van der Waals surface area contributed by atoms with Gasteiger partial charge >= 0.3 is 12.3 Å². The van der Waals surface area contributed by atoms with E-state index in [9.17, 15) is 42.1 Å². The number of ether oxygens (including phenoxy) is 1. The molecule has 26 heavy (non-hydrogen) atoms. The van der Waals surface area contributed by atoms with Gasteiger partial charge in [0.15, 0.2) is 12.4 Å². The van der Waals surface area contributed by atoms with E-state index < -0.39 is 71.1 Å². The number of alkyl halides is 4. The van der Waals surface area contributed by atoms with Crippen LogP contribution in [0.5, 0.6) is 5.75 Å². The molecule has 142 valence electrons. The van der Waals surface area contributed by atoms with Crippen molar-refractivity contribution in [2.24, 2.45) is 0 Å². The van der Waals surface area contributed by atoms with Gasteiger partial charge in [-0.15, -0.1) is 0 Å². The second-order valence-corrected chi connectivity index (χ2v) is 5.30. The summed E-state index contributed by atoms with van der Waals surface area (Å²) in [5.74, 6) is -7.27. The molecular formula is C15H13F4NO6. The van der Waals surface area contributed by atoms with Crippen molar-refractivity contribution in [3.05, 3.63) is 33.9 Å². The second kappa shape index (κ2) is 8.50. The van der Waals surface area contributed by atoms with Crippen LogP contribution in [-0.2, 0) is 9.59 Å². The Morgan fingerprint density at radius 3 is 2.35 bits per heavy atom. The highest BCUT2D eigenvalue weighted by atomic mass is 19.3. The Hall–Kier alpha value is -2.85. The predicted octanol–water partition coefficient (Wildman–Crippen LogP) is 3.00. The Balaban J connectivity index is 3.04. The summed E-state index contributed by atoms with van der Waals surface area (Å²) in [5.41, 5.74) is -1.34. The molecule has 0 aliphatic carbocycles. The molecule has 0 N–H and O–H groups in total. The van der Waals surface area contributed by atoms with Crippen molar-refractivity contribution < 1.29 is 41.6 Å². The lowest BCUT2D eigenvalue weighted by atomic mass is 10.0. The van der Waals surface area contributed by atoms with Gasteiger partial charge in [0.25, 0.3) is 5.69 Å². The minimum atomic E-state index is -4.45. The Kier molecular flexibility index (Phi) is 6.93. The van der Waals surface area contributed by atoms with Gasteiger partial charge in [0.2, 0.25) is 0 Å². The molecule has 0 saturated heterocycles. The van der Waals surface area contributed by atoms with Crippen LogP contribution in [-0.4, -0.2) is 41.2 Å². The molecule has 0 aromatic heterocycles. The van der Waals surface area contributed by atoms with E-state index in [1.165, 1.54) is 0 Å². The number of nitro benzene ring substituents is 1. The van der Waals surface area contributed by atoms with Crippen molar-refractivity contribution in [2.45, 2.75) is 32.1 Å². The smallest absolute Gasteiger partial charge is 0.340 e. The average molecular weight is 379 g/mol. The normalized spacial score (nSPS) is 11.3. The fraction of sp³-hybridized carbons (Fsp3) is 0.400. The second-order valence-electron chi connectivity index (χ2n) is 5.30. The number of ketones is 3. The molecule has 1 aromatic rings. The Bertz CT molecular complexity index is 735. The summed E-state index contributed by atoms with van der Waals surface area (Å²) in [6, 6.07) is 2.33. The maximum absolute atomic E-state index is 12.9. The highest BCUT2D eigenvalue weighted by Crippen LogP contribution is 2.28. The van der Waals surface area contributed by atoms with Gasteiger partial charge in [-0.2, -0.15) is 8.78 Å². The molecule has 0 aliphatic rings. The van der Waals surface area contributed by atoms with Gasteiger partial charge in [0.05, 0.1) is 23.3 Å². The van der Waals surface area contributed by atoms with Crippen LogP contribution < -0.4 is 4.74 Å². The molecule has 0 atom stereocenters. The van der Waals surface area contributed by atoms with Crippen molar-refractivity contribution in [3.63, 3.8) is 0 Å². The highest BCUT2D eigenvalue weighted by molar-refractivity contribution is 6.13. The van der Waals surface area contributed by atoms with Crippen molar-refractivity contribution in [2.75, 3.05) is 6.61 Å². The SMILES string of the molecule is CC(=O)CC(=O)CC(=O)c1cc(OCC(F)(F)C(F)F)ccc1[N+](=O)[O-]. The zero-order valence-electron chi connectivity index (χ0n) is 13.3. The first kappa shape index (κ1) is 21.2. The fourth-order valence-electron chi connectivity index (χ4n) is 1.84. The first-order valence-electron chi connectivity index (χ1n) is 7.05. The van der Waals surface area contributed by atoms with Gasteiger partial charge in [0.1, 0.15) is 17.3 Å². The van der Waals surface area contributed by atoms with Crippen molar-refractivity contribution in [3.8, 4) is 5.75 Å². The van der Waals surface area contributed by atoms with E-state index in [0.717, 1.165) is 19.1 Å². The monoisotopic (exact) mass is 379 g/mol. The molecule has 0 unspecified atom stereocenters. The number of benzene rings is 1. The summed E-state index contributed by atoms with van der Waals surface area (Å²) in [7, 11) is 0. The zero-order valence-corrected chi connectivity index (χ0v) is 13.3. The summed E-state index contributed by atoms with van der Waals surface area (Å²) < 4.78 is 54.4. The quantitative estimate of drug-likeness (QED) is 0.204. The van der Waals surface area contributed by atoms with Crippen molar-refractivity contribution >= 4 is 23.0 Å². The standard InChI is InChI=1S/C15H13F4NO6/c1-8(21)4-9(22)5-13(23)11-6-10(2-3-12(11)20(24)25)26-7-15(18,19)14(16)17/h2-3,6,14H,4-5,7H2,1H3. The number of hydrogen-bond acceptors (Lipinski definition) is 6. The average Bonchev–Trinajstić information content (AvgIpc) is 2.51. The molecule has 7 nitrogen and oxygen atoms in total. The molecule has 0 heterocycles. The van der Waals surface area contributed by atoms with E-state index in [1.54, 1.807) is 0 Å². The molecule has 1 aromatic carbocycles. The van der Waals surface area contributed by atoms with Crippen LogP contribution in [0.25, 0.3) is 0 Å². The van der Waals surface area contributed by atoms with Crippen LogP contribution in [0.1, 0.15) is 30.1 Å². The third kappa shape index (κ3) is 5.90. The zero-order chi connectivity index (χ0) is 20.1. The van der Waals surface area contributed by atoms with Crippen LogP contribution in [0, 0.1) is 10.1 Å². The number of hydrogen-bond donors (Lipinski definition) is 0. The molecule has 0 amide bonds. The lowest BCUT2D eigenvalue weighted by Crippen LogP contribution is -2.33. The number of halogens is 4. The molecule has 1 rings (SSSR count). The first-order valence-corrected chi connectivity index (χ1v) is 7.05. The van der Waals surface area contributed by atoms with Gasteiger partial charge in [-0.3, -0.25) is 24.5 Å². The van der Waals surface area contributed by atoms with Crippen molar-refractivity contribution in [1.29, 1.82) is 0 Å². The van der Waals surface area contributed by atoms with Gasteiger partial charge in [0, 0.05) is 6.07 Å². The molecule has 0 aliphatic heterocycles. The summed E-state index contributed by atoms with van der Waals surface area (Å²) in [6.07, 6.45) is -5.35. The molecular weight excluding hydrogens is 366 g/mol. The van der Waals surface area contributed by atoms with Gasteiger partial charge in [-0.1, -0.05) is 0 Å². The molecule has 0 radical (unpaired) electrons. The number of nitro groups is 1. The summed E-state index contributed by atoms with van der Waals surface area (Å²) in [4.78, 5) is 44.4. The van der Waals surface area contributed by atoms with Gasteiger partial charge < -0.3 is 4.74 Å². The highest BCUT2D eigenvalue weighted by Gasteiger charge is 2.41. The first-order chi connectivity index (χ1) is 11.9. The van der Waals surface area contributed by atoms with E-state index in [0.29, 0.717) is 6.07 Å². The topological polar surface area (TPSA) is 104 Å². The Morgan fingerprint density at radius 1 is 1.23 bits per heavy atom. The summed E-state index contributed by atoms with van der Waals surface area (Å²) >= 11 is 0. The van der Waals surface area contributed by atoms with Crippen LogP contribution >= 0.6 is 0 Å².